The second kappa shape index (κ2) is 11.9. The minimum Gasteiger partial charge on any atom is -1.00 e. The van der Waals surface area contributed by atoms with E-state index in [1.54, 1.807) is 11.0 Å². The van der Waals surface area contributed by atoms with Crippen molar-refractivity contribution in [3.63, 3.8) is 0 Å². The Morgan fingerprint density at radius 2 is 1.87 bits per heavy atom. The lowest BCUT2D eigenvalue weighted by Crippen LogP contribution is -3.20. The second-order valence-electron chi connectivity index (χ2n) is 5.97. The molecule has 1 aliphatic heterocycles. The maximum Gasteiger partial charge on any atom is 0.279 e. The van der Waals surface area contributed by atoms with E-state index in [2.05, 4.69) is 12.4 Å². The first-order valence-corrected chi connectivity index (χ1v) is 8.22. The molecule has 2 rings (SSSR count). The van der Waals surface area contributed by atoms with Gasteiger partial charge in [0, 0.05) is 0 Å². The molecule has 1 aliphatic rings. The van der Waals surface area contributed by atoms with Crippen molar-refractivity contribution < 1.29 is 39.4 Å². The molecular formula is C16H26Cl3N3O. The number of halogens is 3. The molecule has 1 fully saturated rings. The van der Waals surface area contributed by atoms with E-state index < -0.39 is 0 Å². The number of amides is 1. The number of anilines is 1. The predicted octanol–water partition coefficient (Wildman–Crippen LogP) is -6.13. The van der Waals surface area contributed by atoms with Crippen molar-refractivity contribution >= 4 is 23.2 Å². The number of likely N-dealkylation sites (tertiary alicyclic amines) is 1. The molecule has 3 N–H and O–H groups in total. The number of hydrogen-bond acceptors (Lipinski definition) is 1. The summed E-state index contributed by atoms with van der Waals surface area (Å²) >= 11 is 6.04. The van der Waals surface area contributed by atoms with Crippen molar-refractivity contribution in [1.29, 1.82) is 0 Å². The van der Waals surface area contributed by atoms with Gasteiger partial charge in [0.15, 0.2) is 6.54 Å². The fourth-order valence-corrected chi connectivity index (χ4v) is 2.99. The summed E-state index contributed by atoms with van der Waals surface area (Å²) in [5.74, 6) is 0.0224. The highest BCUT2D eigenvalue weighted by Crippen LogP contribution is 2.19. The summed E-state index contributed by atoms with van der Waals surface area (Å²) in [4.78, 5) is 15.0. The van der Waals surface area contributed by atoms with Crippen LogP contribution in [0.25, 0.3) is 0 Å². The number of quaternary nitrogens is 2. The van der Waals surface area contributed by atoms with Crippen LogP contribution in [0.4, 0.5) is 5.69 Å². The fourth-order valence-electron chi connectivity index (χ4n) is 2.81. The van der Waals surface area contributed by atoms with Crippen molar-refractivity contribution in [2.24, 2.45) is 0 Å². The molecule has 23 heavy (non-hydrogen) atoms. The van der Waals surface area contributed by atoms with Crippen LogP contribution in [0.3, 0.4) is 0 Å². The number of carbonyl (C=O) groups is 1. The van der Waals surface area contributed by atoms with Gasteiger partial charge in [0.25, 0.3) is 5.91 Å². The van der Waals surface area contributed by atoms with Gasteiger partial charge >= 0.3 is 0 Å². The summed E-state index contributed by atoms with van der Waals surface area (Å²) in [6.45, 7) is 5.26. The van der Waals surface area contributed by atoms with Crippen LogP contribution in [-0.2, 0) is 4.79 Å². The van der Waals surface area contributed by atoms with Crippen LogP contribution in [0, 0.1) is 0 Å². The highest BCUT2D eigenvalue weighted by atomic mass is 35.5. The molecule has 4 nitrogen and oxygen atoms in total. The zero-order valence-electron chi connectivity index (χ0n) is 13.5. The van der Waals surface area contributed by atoms with E-state index in [-0.39, 0.29) is 30.7 Å². The number of likely N-dealkylation sites (N-methyl/N-ethyl adjacent to an activating group) is 1. The Morgan fingerprint density at radius 1 is 1.22 bits per heavy atom. The molecule has 0 aromatic heterocycles. The highest BCUT2D eigenvalue weighted by Gasteiger charge is 2.17. The summed E-state index contributed by atoms with van der Waals surface area (Å²) < 4.78 is 0. The summed E-state index contributed by atoms with van der Waals surface area (Å²) in [5, 5.41) is 3.47. The Kier molecular flexibility index (Phi) is 11.7. The lowest BCUT2D eigenvalue weighted by atomic mass is 10.1. The van der Waals surface area contributed by atoms with Gasteiger partial charge in [0.05, 0.1) is 30.8 Å². The number of para-hydroxylation sites is 1. The third-order valence-electron chi connectivity index (χ3n) is 4.08. The van der Waals surface area contributed by atoms with Crippen LogP contribution < -0.4 is 39.9 Å². The Labute approximate surface area is 156 Å². The number of piperidine rings is 1. The zero-order valence-corrected chi connectivity index (χ0v) is 15.8. The summed E-state index contributed by atoms with van der Waals surface area (Å²) in [5.41, 5.74) is 0.693. The smallest absolute Gasteiger partial charge is 0.279 e. The maximum absolute atomic E-state index is 12.0. The topological polar surface area (TPSA) is 38.0 Å². The van der Waals surface area contributed by atoms with Crippen molar-refractivity contribution in [1.82, 2.24) is 0 Å². The minimum absolute atomic E-state index is 0. The van der Waals surface area contributed by atoms with Crippen LogP contribution >= 0.6 is 11.6 Å². The van der Waals surface area contributed by atoms with E-state index >= 15 is 0 Å². The third-order valence-corrected chi connectivity index (χ3v) is 4.41. The largest absolute Gasteiger partial charge is 1.00 e. The van der Waals surface area contributed by atoms with E-state index in [9.17, 15) is 4.79 Å². The van der Waals surface area contributed by atoms with Gasteiger partial charge in [-0.3, -0.25) is 4.79 Å². The van der Waals surface area contributed by atoms with E-state index in [4.69, 9.17) is 11.6 Å². The molecule has 1 aromatic rings. The van der Waals surface area contributed by atoms with Crippen LogP contribution in [0.15, 0.2) is 24.3 Å². The van der Waals surface area contributed by atoms with Gasteiger partial charge in [0.1, 0.15) is 13.1 Å². The SMILES string of the molecule is C[NH+](CC[NH+]1CCCCC1)CC(=O)Nc1ccccc1Cl.[Cl-].[Cl-]. The first-order chi connectivity index (χ1) is 10.1. The third kappa shape index (κ3) is 8.23. The summed E-state index contributed by atoms with van der Waals surface area (Å²) in [7, 11) is 2.08. The lowest BCUT2D eigenvalue weighted by molar-refractivity contribution is -0.948. The molecule has 1 heterocycles. The standard InChI is InChI=1S/C16H24ClN3O.2ClH/c1-19(11-12-20-9-5-2-6-10-20)13-16(21)18-15-8-4-3-7-14(15)17;;/h3-4,7-8H,2,5-6,9-13H2,1H3,(H,18,21);2*1H. The minimum atomic E-state index is 0. The van der Waals surface area contributed by atoms with Crippen molar-refractivity contribution in [3.05, 3.63) is 29.3 Å². The molecule has 1 aromatic carbocycles. The Balaban J connectivity index is 0.00000242. The zero-order chi connectivity index (χ0) is 15.1. The molecule has 0 spiro atoms. The fraction of sp³-hybridized carbons (Fsp3) is 0.562. The number of hydrogen-bond donors (Lipinski definition) is 3. The van der Waals surface area contributed by atoms with Gasteiger partial charge in [-0.05, 0) is 31.4 Å². The second-order valence-corrected chi connectivity index (χ2v) is 6.38. The number of rotatable bonds is 6. The Bertz CT molecular complexity index is 468. The average Bonchev–Trinajstić information content (AvgIpc) is 2.48. The van der Waals surface area contributed by atoms with Gasteiger partial charge in [-0.25, -0.2) is 0 Å². The quantitative estimate of drug-likeness (QED) is 0.450. The normalized spacial score (nSPS) is 15.9. The highest BCUT2D eigenvalue weighted by molar-refractivity contribution is 6.33. The van der Waals surface area contributed by atoms with E-state index in [0.717, 1.165) is 13.1 Å². The van der Waals surface area contributed by atoms with E-state index in [1.807, 2.05) is 18.2 Å². The molecule has 1 saturated heterocycles. The summed E-state index contributed by atoms with van der Waals surface area (Å²) in [6, 6.07) is 7.34. The predicted molar refractivity (Wildman–Crippen MR) is 86.1 cm³/mol. The van der Waals surface area contributed by atoms with Gasteiger partial charge in [-0.2, -0.15) is 0 Å². The molecule has 0 radical (unpaired) electrons. The van der Waals surface area contributed by atoms with Gasteiger partial charge < -0.3 is 39.9 Å². The molecule has 1 atom stereocenters. The first kappa shape index (κ1) is 22.5. The number of nitrogens with one attached hydrogen (secondary N) is 3. The summed E-state index contributed by atoms with van der Waals surface area (Å²) in [6.07, 6.45) is 4.08. The Morgan fingerprint density at radius 3 is 2.52 bits per heavy atom. The van der Waals surface area contributed by atoms with Gasteiger partial charge in [0.2, 0.25) is 0 Å². The molecule has 1 unspecified atom stereocenters. The Hall–Kier alpha value is -0.520. The molecule has 132 valence electrons. The van der Waals surface area contributed by atoms with Crippen molar-refractivity contribution in [2.75, 3.05) is 45.1 Å². The van der Waals surface area contributed by atoms with Crippen LogP contribution in [0.5, 0.6) is 0 Å². The van der Waals surface area contributed by atoms with Crippen LogP contribution in [0.1, 0.15) is 19.3 Å². The van der Waals surface area contributed by atoms with Crippen LogP contribution in [0.2, 0.25) is 5.02 Å². The molecular weight excluding hydrogens is 357 g/mol. The van der Waals surface area contributed by atoms with Gasteiger partial charge in [-0.15, -0.1) is 0 Å². The molecule has 1 amide bonds. The van der Waals surface area contributed by atoms with E-state index in [1.165, 1.54) is 37.3 Å². The van der Waals surface area contributed by atoms with Crippen molar-refractivity contribution in [3.8, 4) is 0 Å². The molecule has 0 bridgehead atoms. The number of carbonyl (C=O) groups excluding carboxylic acids is 1. The van der Waals surface area contributed by atoms with Crippen molar-refractivity contribution in [2.45, 2.75) is 19.3 Å². The monoisotopic (exact) mass is 381 g/mol. The lowest BCUT2D eigenvalue weighted by Gasteiger charge is -2.24. The van der Waals surface area contributed by atoms with Gasteiger partial charge in [-0.1, -0.05) is 23.7 Å². The number of benzene rings is 1. The first-order valence-electron chi connectivity index (χ1n) is 7.84. The molecule has 7 heteroatoms. The van der Waals surface area contributed by atoms with E-state index in [0.29, 0.717) is 17.3 Å². The average molecular weight is 383 g/mol. The molecule has 0 saturated carbocycles. The van der Waals surface area contributed by atoms with Crippen LogP contribution in [-0.4, -0.2) is 45.7 Å². The molecule has 0 aliphatic carbocycles. The maximum atomic E-state index is 12.0.